The van der Waals surface area contributed by atoms with Crippen LogP contribution in [0.3, 0.4) is 0 Å². The molecule has 0 atom stereocenters. The van der Waals surface area contributed by atoms with Gasteiger partial charge in [-0.25, -0.2) is 4.98 Å². The predicted molar refractivity (Wildman–Crippen MR) is 372 cm³/mol. The van der Waals surface area contributed by atoms with Crippen LogP contribution in [0.1, 0.15) is 0 Å². The Morgan fingerprint density at radius 1 is 0.202 bits per heavy atom. The lowest BCUT2D eigenvalue weighted by Crippen LogP contribution is -2.96. The van der Waals surface area contributed by atoms with Gasteiger partial charge in [-0.3, -0.25) is 9.13 Å². The van der Waals surface area contributed by atoms with Crippen molar-refractivity contribution in [2.75, 3.05) is 0 Å². The van der Waals surface area contributed by atoms with Crippen LogP contribution in [0.4, 0.5) is 0 Å². The Labute approximate surface area is 547 Å². The highest BCUT2D eigenvalue weighted by Gasteiger charge is 2.86. The molecule has 6 aliphatic heterocycles. The van der Waals surface area contributed by atoms with E-state index in [1.807, 2.05) is 255 Å². The van der Waals surface area contributed by atoms with Crippen molar-refractivity contribution in [3.05, 3.63) is 315 Å². The van der Waals surface area contributed by atoms with Gasteiger partial charge in [-0.2, -0.15) is 4.98 Å². The van der Waals surface area contributed by atoms with Crippen molar-refractivity contribution in [2.45, 2.75) is 0 Å². The molecule has 9 heterocycles. The summed E-state index contributed by atoms with van der Waals surface area (Å²) in [7, 11) is -40.9. The largest absolute Gasteiger partial charge is 0.535 e. The summed E-state index contributed by atoms with van der Waals surface area (Å²) >= 11 is 0. The normalized spacial score (nSPS) is 27.8. The van der Waals surface area contributed by atoms with E-state index in [1.54, 1.807) is 0 Å². The molecule has 0 unspecified atom stereocenters. The summed E-state index contributed by atoms with van der Waals surface area (Å²) in [6, 6.07) is 103. The van der Waals surface area contributed by atoms with Crippen LogP contribution >= 0.6 is 0 Å². The van der Waals surface area contributed by atoms with Crippen molar-refractivity contribution >= 4 is 156 Å². The third-order valence-electron chi connectivity index (χ3n) is 17.7. The van der Waals surface area contributed by atoms with Crippen molar-refractivity contribution in [3.8, 4) is 11.8 Å². The summed E-state index contributed by atoms with van der Waals surface area (Å²) in [5.74, 6) is 0.728. The average Bonchev–Trinajstić information content (AvgIpc) is 0.928. The average molecular weight is 1370 g/mol. The first-order chi connectivity index (χ1) is 46.2. The fourth-order valence-electron chi connectivity index (χ4n) is 13.6. The lowest BCUT2D eigenvalue weighted by molar-refractivity contribution is -0.00322. The number of fused-ring (bicyclic) bond motifs is 6. The molecule has 24 heteroatoms. The van der Waals surface area contributed by atoms with Crippen LogP contribution in [0.15, 0.2) is 315 Å². The van der Waals surface area contributed by atoms with E-state index in [0.29, 0.717) is 42.1 Å². The van der Waals surface area contributed by atoms with Gasteiger partial charge < -0.3 is 49.4 Å². The minimum atomic E-state index is -5.47. The standard InChI is InChI=1S/C70H52N4O12Si8/c1-8-30-53(31-9-1)87-75-88(54-32-10-2-11-33-54)78-91(57-38-16-5-17-39-57)80-89(76-87,55-34-12-3-13-35-55)82-93(59-42-20-7-21-43-59)83-90(77-87,56-36-14-4-15-37-56)81-92(79-88,58-40-18-6-19-41-58)85-94(84-91,86-93)69-52-68(73-64-48-26-22-44-60(64)61-45-23-27-49-65(61)73)71-70(72-69)74-66-50-28-24-46-62(66)63-47-25-29-51-67(63)74/h1-52H. The highest BCUT2D eigenvalue weighted by molar-refractivity contribution is 7.14. The molecule has 3 aromatic heterocycles. The first kappa shape index (κ1) is 56.9. The van der Waals surface area contributed by atoms with Crippen molar-refractivity contribution in [2.24, 2.45) is 0 Å². The van der Waals surface area contributed by atoms with Crippen molar-refractivity contribution in [1.82, 2.24) is 19.1 Å². The third kappa shape index (κ3) is 8.67. The zero-order chi connectivity index (χ0) is 62.2. The maximum absolute atomic E-state index is 8.69. The number of benzene rings is 11. The van der Waals surface area contributed by atoms with E-state index in [2.05, 4.69) is 69.8 Å². The van der Waals surface area contributed by atoms with Gasteiger partial charge in [0.05, 0.1) is 22.1 Å². The monoisotopic (exact) mass is 1360 g/mol. The van der Waals surface area contributed by atoms with Gasteiger partial charge in [0.2, 0.25) is 5.95 Å². The first-order valence-corrected chi connectivity index (χ1v) is 44.7. The minimum absolute atomic E-state index is 0.178. The first-order valence-electron chi connectivity index (χ1n) is 30.9. The number of nitrogens with zero attached hydrogens (tertiary/aromatic N) is 4. The molecule has 16 nitrogen and oxygen atoms in total. The summed E-state index contributed by atoms with van der Waals surface area (Å²) in [4.78, 5) is 11.6. The maximum Gasteiger partial charge on any atom is 0.535 e. The molecular formula is C70H52N4O12Si8. The van der Waals surface area contributed by atoms with Crippen LogP contribution in [0, 0.1) is 0 Å². The van der Waals surface area contributed by atoms with E-state index in [1.165, 1.54) is 0 Å². The molecule has 0 spiro atoms. The van der Waals surface area contributed by atoms with E-state index in [0.717, 1.165) is 43.6 Å². The van der Waals surface area contributed by atoms with Gasteiger partial charge in [-0.15, -0.1) is 0 Å². The molecule has 0 aliphatic carbocycles. The number of hydrogen-bond donors (Lipinski definition) is 0. The van der Waals surface area contributed by atoms with Gasteiger partial charge in [-0.1, -0.05) is 285 Å². The van der Waals surface area contributed by atoms with Gasteiger partial charge in [0.15, 0.2) is 0 Å². The second-order valence-corrected chi connectivity index (χ2v) is 46.6. The molecule has 0 amide bonds. The SMILES string of the molecule is c1ccc([Si]23O[Si]4(c5ccccc5)O[Si]5(c6ccccc6)O[Si](c6ccccc6)(O2)O[Si]2(c6ccccc6)O[Si](c6ccccc6)(O3)O[Si](c3ccccc3)(O4)O[Si](c3cc(-n4c6ccccc6c6ccccc64)nc(-n4c6ccccc6c6ccccc64)n3)(O5)O2)cc1. The maximum atomic E-state index is 8.69. The van der Waals surface area contributed by atoms with Gasteiger partial charge in [0, 0.05) is 63.9 Å². The van der Waals surface area contributed by atoms with Crippen LogP contribution in [-0.4, -0.2) is 89.5 Å². The third-order valence-corrected chi connectivity index (χ3v) is 51.7. The quantitative estimate of drug-likeness (QED) is 0.122. The molecule has 6 aliphatic rings. The number of para-hydroxylation sites is 4. The summed E-state index contributed by atoms with van der Waals surface area (Å²) in [6.45, 7) is 0. The summed E-state index contributed by atoms with van der Waals surface area (Å²) < 4.78 is 106. The Hall–Kier alpha value is -8.64. The van der Waals surface area contributed by atoms with Crippen LogP contribution in [-0.2, 0) is 49.4 Å². The summed E-state index contributed by atoms with van der Waals surface area (Å²) in [6.07, 6.45) is 0. The lowest BCUT2D eigenvalue weighted by atomic mass is 10.2. The Balaban J connectivity index is 1.02. The second-order valence-electron chi connectivity index (χ2n) is 23.4. The minimum Gasteiger partial charge on any atom is -0.366 e. The topological polar surface area (TPSA) is 146 Å². The summed E-state index contributed by atoms with van der Waals surface area (Å²) in [5, 5.41) is 7.73. The van der Waals surface area contributed by atoms with E-state index < -0.39 is 70.4 Å². The number of rotatable bonds is 10. The van der Waals surface area contributed by atoms with E-state index in [9.17, 15) is 0 Å². The number of hydrogen-bond acceptors (Lipinski definition) is 14. The van der Waals surface area contributed by atoms with Crippen LogP contribution in [0.2, 0.25) is 0 Å². The predicted octanol–water partition coefficient (Wildman–Crippen LogP) is 8.01. The zero-order valence-corrected chi connectivity index (χ0v) is 57.7. The van der Waals surface area contributed by atoms with Crippen LogP contribution < -0.4 is 41.6 Å². The Morgan fingerprint density at radius 3 is 0.649 bits per heavy atom. The molecule has 456 valence electrons. The fourth-order valence-corrected chi connectivity index (χ4v) is 59.5. The molecule has 94 heavy (non-hydrogen) atoms. The molecular weight excluding hydrogens is 1310 g/mol. The Morgan fingerprint density at radius 2 is 0.404 bits per heavy atom. The molecule has 11 aromatic carbocycles. The van der Waals surface area contributed by atoms with Gasteiger partial charge in [0.1, 0.15) is 11.1 Å². The number of aromatic nitrogens is 4. The molecule has 6 fully saturated rings. The molecule has 0 N–H and O–H groups in total. The fraction of sp³-hybridized carbons (Fsp3) is 0. The molecule has 0 saturated carbocycles. The highest BCUT2D eigenvalue weighted by Crippen LogP contribution is 2.49. The van der Waals surface area contributed by atoms with Gasteiger partial charge in [0.25, 0.3) is 0 Å². The molecule has 6 saturated heterocycles. The van der Waals surface area contributed by atoms with Crippen molar-refractivity contribution in [1.29, 1.82) is 0 Å². The molecule has 0 radical (unpaired) electrons. The van der Waals surface area contributed by atoms with Crippen LogP contribution in [0.5, 0.6) is 0 Å². The van der Waals surface area contributed by atoms with Crippen LogP contribution in [0.25, 0.3) is 55.4 Å². The van der Waals surface area contributed by atoms with Gasteiger partial charge >= 0.3 is 70.4 Å². The Kier molecular flexibility index (Phi) is 13.0. The lowest BCUT2D eigenvalue weighted by Gasteiger charge is -2.62. The van der Waals surface area contributed by atoms with Gasteiger partial charge in [-0.05, 0) is 24.3 Å². The van der Waals surface area contributed by atoms with Crippen molar-refractivity contribution in [3.63, 3.8) is 0 Å². The second kappa shape index (κ2) is 21.4. The Bertz CT molecular complexity index is 4730. The van der Waals surface area contributed by atoms with Crippen molar-refractivity contribution < 1.29 is 49.4 Å². The smallest absolute Gasteiger partial charge is 0.366 e. The van der Waals surface area contributed by atoms with E-state index in [-0.39, 0.29) is 11.3 Å². The summed E-state index contributed by atoms with van der Waals surface area (Å²) in [5.41, 5.74) is 3.47. The highest BCUT2D eigenvalue weighted by atomic mass is 28.6. The molecule has 8 bridgehead atoms. The van der Waals surface area contributed by atoms with E-state index >= 15 is 0 Å². The van der Waals surface area contributed by atoms with E-state index in [4.69, 9.17) is 59.3 Å². The zero-order valence-electron chi connectivity index (χ0n) is 49.7. The molecule has 20 rings (SSSR count). The molecule has 14 aromatic rings.